The molecule has 0 unspecified atom stereocenters. The van der Waals surface area contributed by atoms with Crippen LogP contribution in [0, 0.1) is 0 Å². The minimum absolute atomic E-state index is 0.269. The van der Waals surface area contributed by atoms with Crippen molar-refractivity contribution in [2.24, 2.45) is 16.7 Å². The molecule has 0 radical (unpaired) electrons. The van der Waals surface area contributed by atoms with E-state index in [-0.39, 0.29) is 5.84 Å². The molecule has 0 aromatic heterocycles. The molecule has 0 aliphatic carbocycles. The van der Waals surface area contributed by atoms with Crippen molar-refractivity contribution in [3.05, 3.63) is 28.2 Å². The molecular formula is C8H10BrN3O. The van der Waals surface area contributed by atoms with E-state index in [0.717, 1.165) is 10.0 Å². The van der Waals surface area contributed by atoms with Crippen molar-refractivity contribution in [2.75, 3.05) is 7.11 Å². The van der Waals surface area contributed by atoms with Crippen LogP contribution < -0.4 is 16.3 Å². The summed E-state index contributed by atoms with van der Waals surface area (Å²) in [7, 11) is 1.59. The van der Waals surface area contributed by atoms with Crippen molar-refractivity contribution in [2.45, 2.75) is 0 Å². The Labute approximate surface area is 84.7 Å². The summed E-state index contributed by atoms with van der Waals surface area (Å²) in [5.41, 5.74) is 6.28. The molecule has 0 saturated heterocycles. The van der Waals surface area contributed by atoms with E-state index < -0.39 is 0 Å². The van der Waals surface area contributed by atoms with E-state index in [4.69, 9.17) is 16.3 Å². The molecule has 1 aromatic carbocycles. The molecule has 0 amide bonds. The van der Waals surface area contributed by atoms with Crippen LogP contribution in [0.15, 0.2) is 27.8 Å². The number of methoxy groups -OCH3 is 1. The first-order chi connectivity index (χ1) is 6.19. The lowest BCUT2D eigenvalue weighted by atomic mass is 10.2. The maximum atomic E-state index is 5.56. The lowest BCUT2D eigenvalue weighted by Crippen LogP contribution is -2.16. The van der Waals surface area contributed by atoms with E-state index in [1.54, 1.807) is 13.2 Å². The highest BCUT2D eigenvalue weighted by atomic mass is 79.9. The van der Waals surface area contributed by atoms with Crippen LogP contribution in [0.3, 0.4) is 0 Å². The molecule has 1 aromatic rings. The molecule has 0 fully saturated rings. The molecule has 0 saturated carbocycles. The number of benzene rings is 1. The molecular weight excluding hydrogens is 234 g/mol. The number of amidine groups is 1. The van der Waals surface area contributed by atoms with Crippen molar-refractivity contribution in [3.8, 4) is 5.75 Å². The molecule has 4 N–H and O–H groups in total. The van der Waals surface area contributed by atoms with Gasteiger partial charge >= 0.3 is 0 Å². The van der Waals surface area contributed by atoms with Gasteiger partial charge in [0.2, 0.25) is 0 Å². The average molecular weight is 244 g/mol. The maximum Gasteiger partial charge on any atom is 0.151 e. The van der Waals surface area contributed by atoms with Crippen LogP contribution in [0.5, 0.6) is 5.75 Å². The first kappa shape index (κ1) is 9.85. The third kappa shape index (κ3) is 2.12. The first-order valence-electron chi connectivity index (χ1n) is 3.56. The third-order valence-corrected chi connectivity index (χ3v) is 2.28. The third-order valence-electron chi connectivity index (χ3n) is 1.59. The molecule has 5 heteroatoms. The molecule has 0 aliphatic heterocycles. The lowest BCUT2D eigenvalue weighted by molar-refractivity contribution is 0.414. The van der Waals surface area contributed by atoms with E-state index in [1.807, 2.05) is 12.1 Å². The molecule has 0 aliphatic rings. The van der Waals surface area contributed by atoms with E-state index in [0.29, 0.717) is 5.75 Å². The van der Waals surface area contributed by atoms with Crippen molar-refractivity contribution < 1.29 is 4.74 Å². The van der Waals surface area contributed by atoms with Gasteiger partial charge in [-0.1, -0.05) is 15.9 Å². The van der Waals surface area contributed by atoms with Crippen molar-refractivity contribution in [1.82, 2.24) is 0 Å². The molecule has 0 atom stereocenters. The van der Waals surface area contributed by atoms with E-state index in [9.17, 15) is 0 Å². The number of nitrogens with zero attached hydrogens (tertiary/aromatic N) is 1. The van der Waals surface area contributed by atoms with Gasteiger partial charge in [0.15, 0.2) is 5.84 Å². The standard InChI is InChI=1S/C8H10BrN3O/c1-13-5-2-3-7(9)6(4-5)8(10)12-11/h2-4H,11H2,1H3,(H2,10,12). The highest BCUT2D eigenvalue weighted by Gasteiger charge is 2.05. The summed E-state index contributed by atoms with van der Waals surface area (Å²) in [4.78, 5) is 0. The fourth-order valence-corrected chi connectivity index (χ4v) is 1.35. The van der Waals surface area contributed by atoms with Crippen LogP contribution in [-0.2, 0) is 0 Å². The highest BCUT2D eigenvalue weighted by Crippen LogP contribution is 2.21. The second-order valence-electron chi connectivity index (χ2n) is 2.36. The molecule has 70 valence electrons. The average Bonchev–Trinajstić information content (AvgIpc) is 2.17. The fourth-order valence-electron chi connectivity index (χ4n) is 0.897. The van der Waals surface area contributed by atoms with Gasteiger partial charge in [-0.05, 0) is 18.2 Å². The quantitative estimate of drug-likeness (QED) is 0.353. The van der Waals surface area contributed by atoms with E-state index in [2.05, 4.69) is 21.0 Å². The van der Waals surface area contributed by atoms with Gasteiger partial charge in [-0.2, -0.15) is 5.10 Å². The first-order valence-corrected chi connectivity index (χ1v) is 4.35. The largest absolute Gasteiger partial charge is 0.497 e. The summed E-state index contributed by atoms with van der Waals surface area (Å²) in [6.07, 6.45) is 0. The van der Waals surface area contributed by atoms with Crippen molar-refractivity contribution in [1.29, 1.82) is 0 Å². The second kappa shape index (κ2) is 4.13. The zero-order valence-corrected chi connectivity index (χ0v) is 8.71. The van der Waals surface area contributed by atoms with Crippen LogP contribution in [0.4, 0.5) is 0 Å². The normalized spacial score (nSPS) is 11.4. The molecule has 4 nitrogen and oxygen atoms in total. The Bertz CT molecular complexity index is 338. The van der Waals surface area contributed by atoms with E-state index >= 15 is 0 Å². The van der Waals surface area contributed by atoms with E-state index in [1.165, 1.54) is 0 Å². The Balaban J connectivity index is 3.19. The Morgan fingerprint density at radius 3 is 2.77 bits per heavy atom. The summed E-state index contributed by atoms with van der Waals surface area (Å²) < 4.78 is 5.87. The summed E-state index contributed by atoms with van der Waals surface area (Å²) in [6.45, 7) is 0. The van der Waals surface area contributed by atoms with Gasteiger partial charge in [0.05, 0.1) is 7.11 Å². The number of nitrogens with two attached hydrogens (primary N) is 2. The number of hydrogen-bond acceptors (Lipinski definition) is 3. The number of halogens is 1. The van der Waals surface area contributed by atoms with Crippen LogP contribution in [0.2, 0.25) is 0 Å². The van der Waals surface area contributed by atoms with Crippen LogP contribution >= 0.6 is 15.9 Å². The zero-order valence-electron chi connectivity index (χ0n) is 7.12. The minimum atomic E-state index is 0.269. The van der Waals surface area contributed by atoms with Gasteiger partial charge in [0, 0.05) is 10.0 Å². The Hall–Kier alpha value is -1.23. The number of hydrazone groups is 1. The number of ether oxygens (including phenoxy) is 1. The van der Waals surface area contributed by atoms with Gasteiger partial charge in [0.25, 0.3) is 0 Å². The summed E-state index contributed by atoms with van der Waals surface area (Å²) in [5.74, 6) is 6.05. The minimum Gasteiger partial charge on any atom is -0.497 e. The lowest BCUT2D eigenvalue weighted by Gasteiger charge is -2.05. The molecule has 13 heavy (non-hydrogen) atoms. The zero-order chi connectivity index (χ0) is 9.84. The number of rotatable bonds is 2. The highest BCUT2D eigenvalue weighted by molar-refractivity contribution is 9.10. The molecule has 0 spiro atoms. The predicted octanol–water partition coefficient (Wildman–Crippen LogP) is 1.04. The fraction of sp³-hybridized carbons (Fsp3) is 0.125. The predicted molar refractivity (Wildman–Crippen MR) is 55.6 cm³/mol. The van der Waals surface area contributed by atoms with Gasteiger partial charge in [0.1, 0.15) is 5.75 Å². The molecule has 0 bridgehead atoms. The monoisotopic (exact) mass is 243 g/mol. The summed E-state index contributed by atoms with van der Waals surface area (Å²) in [6, 6.07) is 5.40. The molecule has 0 heterocycles. The van der Waals surface area contributed by atoms with Crippen LogP contribution in [0.25, 0.3) is 0 Å². The molecule has 1 rings (SSSR count). The smallest absolute Gasteiger partial charge is 0.151 e. The van der Waals surface area contributed by atoms with Crippen LogP contribution in [0.1, 0.15) is 5.56 Å². The van der Waals surface area contributed by atoms with Crippen LogP contribution in [-0.4, -0.2) is 12.9 Å². The number of hydrogen-bond donors (Lipinski definition) is 2. The Kier molecular flexibility index (Phi) is 3.13. The van der Waals surface area contributed by atoms with Gasteiger partial charge in [-0.3, -0.25) is 0 Å². The SMILES string of the molecule is COc1ccc(Br)c(/C(N)=N/N)c1. The Morgan fingerprint density at radius 1 is 1.54 bits per heavy atom. The topological polar surface area (TPSA) is 73.6 Å². The van der Waals surface area contributed by atoms with Crippen molar-refractivity contribution in [3.63, 3.8) is 0 Å². The van der Waals surface area contributed by atoms with Crippen molar-refractivity contribution >= 4 is 21.8 Å². The maximum absolute atomic E-state index is 5.56. The van der Waals surface area contributed by atoms with Gasteiger partial charge < -0.3 is 16.3 Å². The summed E-state index contributed by atoms with van der Waals surface area (Å²) >= 11 is 3.33. The van der Waals surface area contributed by atoms with Gasteiger partial charge in [-0.15, -0.1) is 0 Å². The second-order valence-corrected chi connectivity index (χ2v) is 3.21. The van der Waals surface area contributed by atoms with Gasteiger partial charge in [-0.25, -0.2) is 0 Å². The Morgan fingerprint density at radius 2 is 2.23 bits per heavy atom. The summed E-state index contributed by atoms with van der Waals surface area (Å²) in [5, 5.41) is 3.40.